The number of esters is 2. The standard InChI is InChI=1S/C32H44N4O6/c37-30(38)22-33-13-11-27(12-14-33)21-34-15-17-35(23-31(39)41-25-28-7-3-1-4-8-28)19-20-36(18-16-34)24-32(40)42-26-29-9-5-2-6-10-29/h1-10,27H,11-26H2,(H,37,38). The number of carbonyl (C=O) groups is 3. The molecule has 42 heavy (non-hydrogen) atoms. The molecule has 228 valence electrons. The highest BCUT2D eigenvalue weighted by atomic mass is 16.5. The Hall–Kier alpha value is -3.31. The lowest BCUT2D eigenvalue weighted by Crippen LogP contribution is -2.44. The number of rotatable bonds is 12. The fourth-order valence-corrected chi connectivity index (χ4v) is 5.50. The summed E-state index contributed by atoms with van der Waals surface area (Å²) in [5.41, 5.74) is 1.91. The molecular weight excluding hydrogens is 536 g/mol. The van der Waals surface area contributed by atoms with Crippen LogP contribution in [-0.2, 0) is 37.1 Å². The fraction of sp³-hybridized carbons (Fsp3) is 0.531. The molecule has 2 aliphatic heterocycles. The summed E-state index contributed by atoms with van der Waals surface area (Å²) in [5, 5.41) is 9.11. The van der Waals surface area contributed by atoms with Gasteiger partial charge < -0.3 is 19.5 Å². The summed E-state index contributed by atoms with van der Waals surface area (Å²) in [6.07, 6.45) is 1.93. The highest BCUT2D eigenvalue weighted by Crippen LogP contribution is 2.19. The van der Waals surface area contributed by atoms with Crippen molar-refractivity contribution in [2.24, 2.45) is 5.92 Å². The SMILES string of the molecule is O=C(O)CN1CCC(CN2CCN(CC(=O)OCc3ccccc3)CCN(CC(=O)OCc3ccccc3)CC2)CC1. The molecule has 0 aliphatic carbocycles. The Labute approximate surface area is 248 Å². The Kier molecular flexibility index (Phi) is 12.8. The van der Waals surface area contributed by atoms with Crippen LogP contribution in [0.15, 0.2) is 60.7 Å². The highest BCUT2D eigenvalue weighted by molar-refractivity contribution is 5.72. The smallest absolute Gasteiger partial charge is 0.320 e. The lowest BCUT2D eigenvalue weighted by atomic mass is 9.96. The zero-order valence-electron chi connectivity index (χ0n) is 24.4. The van der Waals surface area contributed by atoms with E-state index in [4.69, 9.17) is 14.6 Å². The van der Waals surface area contributed by atoms with Crippen molar-refractivity contribution in [3.05, 3.63) is 71.8 Å². The van der Waals surface area contributed by atoms with Gasteiger partial charge in [-0.25, -0.2) is 0 Å². The van der Waals surface area contributed by atoms with E-state index in [1.807, 2.05) is 65.6 Å². The molecule has 0 radical (unpaired) electrons. The number of likely N-dealkylation sites (tertiary alicyclic amines) is 1. The number of hydrogen-bond acceptors (Lipinski definition) is 9. The van der Waals surface area contributed by atoms with Gasteiger partial charge in [0.2, 0.25) is 0 Å². The van der Waals surface area contributed by atoms with Crippen LogP contribution in [0.4, 0.5) is 0 Å². The van der Waals surface area contributed by atoms with Gasteiger partial charge in [-0.2, -0.15) is 0 Å². The predicted octanol–water partition coefficient (Wildman–Crippen LogP) is 2.19. The summed E-state index contributed by atoms with van der Waals surface area (Å²) in [6.45, 7) is 7.87. The molecule has 2 aromatic rings. The van der Waals surface area contributed by atoms with Crippen molar-refractivity contribution in [1.29, 1.82) is 0 Å². The van der Waals surface area contributed by atoms with Crippen LogP contribution in [0.3, 0.4) is 0 Å². The third-order valence-electron chi connectivity index (χ3n) is 7.97. The number of aliphatic carboxylic acids is 1. The van der Waals surface area contributed by atoms with Gasteiger partial charge in [0, 0.05) is 45.8 Å². The molecule has 0 spiro atoms. The maximum absolute atomic E-state index is 12.7. The van der Waals surface area contributed by atoms with Crippen LogP contribution in [0.25, 0.3) is 0 Å². The van der Waals surface area contributed by atoms with Crippen LogP contribution in [-0.4, -0.2) is 121 Å². The van der Waals surface area contributed by atoms with E-state index < -0.39 is 5.97 Å². The second-order valence-corrected chi connectivity index (χ2v) is 11.3. The third-order valence-corrected chi connectivity index (χ3v) is 7.97. The number of ether oxygens (including phenoxy) is 2. The molecule has 10 nitrogen and oxygen atoms in total. The summed E-state index contributed by atoms with van der Waals surface area (Å²) in [4.78, 5) is 45.2. The van der Waals surface area contributed by atoms with Gasteiger partial charge in [-0.15, -0.1) is 0 Å². The minimum Gasteiger partial charge on any atom is -0.480 e. The van der Waals surface area contributed by atoms with E-state index in [1.54, 1.807) is 0 Å². The average molecular weight is 581 g/mol. The molecule has 0 saturated carbocycles. The van der Waals surface area contributed by atoms with E-state index in [9.17, 15) is 14.4 Å². The summed E-state index contributed by atoms with van der Waals surface area (Å²) >= 11 is 0. The van der Waals surface area contributed by atoms with Crippen LogP contribution in [0.2, 0.25) is 0 Å². The number of hydrogen-bond donors (Lipinski definition) is 1. The Morgan fingerprint density at radius 2 is 1.00 bits per heavy atom. The molecule has 0 bridgehead atoms. The minimum atomic E-state index is -0.779. The van der Waals surface area contributed by atoms with Crippen molar-refractivity contribution in [2.45, 2.75) is 26.1 Å². The van der Waals surface area contributed by atoms with Gasteiger partial charge in [-0.1, -0.05) is 60.7 Å². The topological polar surface area (TPSA) is 103 Å². The number of carboxylic acids is 1. The Balaban J connectivity index is 1.32. The van der Waals surface area contributed by atoms with Crippen molar-refractivity contribution >= 4 is 17.9 Å². The number of carbonyl (C=O) groups excluding carboxylic acids is 2. The van der Waals surface area contributed by atoms with Gasteiger partial charge in [0.15, 0.2) is 0 Å². The van der Waals surface area contributed by atoms with Gasteiger partial charge in [0.25, 0.3) is 0 Å². The highest BCUT2D eigenvalue weighted by Gasteiger charge is 2.25. The zero-order chi connectivity index (χ0) is 29.6. The molecule has 2 aromatic carbocycles. The van der Waals surface area contributed by atoms with Gasteiger partial charge >= 0.3 is 17.9 Å². The quantitative estimate of drug-likeness (QED) is 0.376. The summed E-state index contributed by atoms with van der Waals surface area (Å²) < 4.78 is 11.1. The summed E-state index contributed by atoms with van der Waals surface area (Å²) in [6, 6.07) is 19.3. The van der Waals surface area contributed by atoms with E-state index in [0.29, 0.717) is 19.0 Å². The van der Waals surface area contributed by atoms with E-state index >= 15 is 0 Å². The largest absolute Gasteiger partial charge is 0.480 e. The summed E-state index contributed by atoms with van der Waals surface area (Å²) in [5.74, 6) is -0.809. The number of nitrogens with zero attached hydrogens (tertiary/aromatic N) is 4. The molecule has 2 heterocycles. The predicted molar refractivity (Wildman–Crippen MR) is 159 cm³/mol. The molecule has 10 heteroatoms. The van der Waals surface area contributed by atoms with E-state index in [1.165, 1.54) is 0 Å². The van der Waals surface area contributed by atoms with Crippen LogP contribution < -0.4 is 0 Å². The number of piperidine rings is 1. The molecule has 0 atom stereocenters. The Morgan fingerprint density at radius 3 is 1.43 bits per heavy atom. The molecule has 2 fully saturated rings. The second kappa shape index (κ2) is 17.0. The second-order valence-electron chi connectivity index (χ2n) is 11.3. The van der Waals surface area contributed by atoms with Crippen molar-refractivity contribution in [2.75, 3.05) is 78.5 Å². The van der Waals surface area contributed by atoms with Crippen LogP contribution in [0.1, 0.15) is 24.0 Å². The maximum Gasteiger partial charge on any atom is 0.320 e. The first-order chi connectivity index (χ1) is 20.4. The monoisotopic (exact) mass is 580 g/mol. The first-order valence-electron chi connectivity index (χ1n) is 14.9. The molecular formula is C32H44N4O6. The van der Waals surface area contributed by atoms with Gasteiger partial charge in [0.05, 0.1) is 19.6 Å². The van der Waals surface area contributed by atoms with Crippen LogP contribution >= 0.6 is 0 Å². The van der Waals surface area contributed by atoms with E-state index in [0.717, 1.165) is 69.8 Å². The van der Waals surface area contributed by atoms with Crippen LogP contribution in [0.5, 0.6) is 0 Å². The molecule has 0 aromatic heterocycles. The number of carboxylic acid groups (broad SMARTS) is 1. The van der Waals surface area contributed by atoms with Crippen molar-refractivity contribution in [1.82, 2.24) is 19.6 Å². The molecule has 1 N–H and O–H groups in total. The van der Waals surface area contributed by atoms with Crippen molar-refractivity contribution < 1.29 is 29.0 Å². The first kappa shape index (κ1) is 31.6. The maximum atomic E-state index is 12.7. The van der Waals surface area contributed by atoms with Gasteiger partial charge in [0.1, 0.15) is 13.2 Å². The van der Waals surface area contributed by atoms with Crippen molar-refractivity contribution in [3.8, 4) is 0 Å². The van der Waals surface area contributed by atoms with Crippen molar-refractivity contribution in [3.63, 3.8) is 0 Å². The molecule has 2 aliphatic rings. The molecule has 4 rings (SSSR count). The van der Waals surface area contributed by atoms with Gasteiger partial charge in [-0.05, 0) is 43.0 Å². The molecule has 0 unspecified atom stereocenters. The Bertz CT molecular complexity index is 1040. The summed E-state index contributed by atoms with van der Waals surface area (Å²) in [7, 11) is 0. The number of benzene rings is 2. The van der Waals surface area contributed by atoms with E-state index in [-0.39, 0.29) is 44.8 Å². The average Bonchev–Trinajstić information content (AvgIpc) is 3.08. The van der Waals surface area contributed by atoms with E-state index in [2.05, 4.69) is 14.7 Å². The third kappa shape index (κ3) is 11.5. The lowest BCUT2D eigenvalue weighted by molar-refractivity contribution is -0.148. The molecule has 0 amide bonds. The minimum absolute atomic E-state index is 0.0983. The fourth-order valence-electron chi connectivity index (χ4n) is 5.50. The Morgan fingerprint density at radius 1 is 0.595 bits per heavy atom. The van der Waals surface area contributed by atoms with Gasteiger partial charge in [-0.3, -0.25) is 29.1 Å². The normalized spacial score (nSPS) is 18.5. The van der Waals surface area contributed by atoms with Crippen LogP contribution in [0, 0.1) is 5.92 Å². The first-order valence-corrected chi connectivity index (χ1v) is 14.9. The lowest BCUT2D eigenvalue weighted by Gasteiger charge is -2.34. The molecule has 2 saturated heterocycles. The zero-order valence-corrected chi connectivity index (χ0v) is 24.4.